The van der Waals surface area contributed by atoms with E-state index in [4.69, 9.17) is 21.7 Å². The number of benzene rings is 2. The molecule has 2 aromatic carbocycles. The summed E-state index contributed by atoms with van der Waals surface area (Å²) < 4.78 is 3.26. The Labute approximate surface area is 324 Å². The first kappa shape index (κ1) is 39.3. The molecule has 0 aliphatic carbocycles. The van der Waals surface area contributed by atoms with Crippen LogP contribution in [0.5, 0.6) is 0 Å². The number of rotatable bonds is 11. The van der Waals surface area contributed by atoms with Crippen LogP contribution < -0.4 is 11.5 Å². The minimum atomic E-state index is -1.42. The number of aliphatic hydroxyl groups excluding tert-OH is 6. The molecule has 0 saturated heterocycles. The van der Waals surface area contributed by atoms with Crippen LogP contribution in [0.4, 0.5) is 11.4 Å². The lowest BCUT2D eigenvalue weighted by Gasteiger charge is -2.27. The average Bonchev–Trinajstić information content (AvgIpc) is 2.95. The summed E-state index contributed by atoms with van der Waals surface area (Å²) in [6.45, 7) is -1.83. The van der Waals surface area contributed by atoms with Gasteiger partial charge in [0.2, 0.25) is 0 Å². The number of likely N-dealkylation sites (N-methyl/N-ethyl adjacent to an activating group) is 2. The summed E-state index contributed by atoms with van der Waals surface area (Å²) >= 11 is 12.2. The van der Waals surface area contributed by atoms with Crippen LogP contribution in [0.1, 0.15) is 20.7 Å². The van der Waals surface area contributed by atoms with Crippen molar-refractivity contribution in [2.24, 2.45) is 0 Å². The standard InChI is InChI=1S/C24H28I6N4O8/c1-33(3-7(37)9(39)5-35)23(41)13-15(25)11(17(27)21(31)19(13)29)12-16(26)14(20(30)22(32)18(12)28)24(42)34(2)4-8(38)10(40)6-36/h7-10,35-40H,3-6,31-32H2,1-2H3. The maximum absolute atomic E-state index is 13.7. The second-order valence-corrected chi connectivity index (χ2v) is 15.7. The Hall–Kier alpha value is 1.12. The lowest BCUT2D eigenvalue weighted by atomic mass is 9.98. The van der Waals surface area contributed by atoms with E-state index in [1.54, 1.807) is 0 Å². The van der Waals surface area contributed by atoms with Crippen LogP contribution in [0.3, 0.4) is 0 Å². The highest BCUT2D eigenvalue weighted by Crippen LogP contribution is 2.46. The van der Waals surface area contributed by atoms with Gasteiger partial charge in [-0.2, -0.15) is 0 Å². The molecule has 0 fully saturated rings. The molecule has 12 nitrogen and oxygen atoms in total. The van der Waals surface area contributed by atoms with E-state index in [1.807, 2.05) is 90.4 Å². The van der Waals surface area contributed by atoms with Crippen molar-refractivity contribution in [1.29, 1.82) is 0 Å². The number of nitrogens with two attached hydrogens (primary N) is 2. The number of nitrogens with zero attached hydrogens (tertiary/aromatic N) is 2. The van der Waals surface area contributed by atoms with Crippen LogP contribution in [0, 0.1) is 21.4 Å². The van der Waals surface area contributed by atoms with Gasteiger partial charge in [-0.25, -0.2) is 0 Å². The maximum Gasteiger partial charge on any atom is 0.255 e. The molecule has 0 bridgehead atoms. The fourth-order valence-corrected chi connectivity index (χ4v) is 12.1. The Morgan fingerprint density at radius 3 is 1.14 bits per heavy atom. The maximum atomic E-state index is 13.7. The summed E-state index contributed by atoms with van der Waals surface area (Å²) in [5.74, 6) is -0.957. The van der Waals surface area contributed by atoms with Crippen LogP contribution in [-0.2, 0) is 0 Å². The number of halogens is 6. The molecular weight excluding hydrogens is 1230 g/mol. The molecule has 42 heavy (non-hydrogen) atoms. The van der Waals surface area contributed by atoms with Crippen LogP contribution >= 0.6 is 136 Å². The Kier molecular flexibility index (Phi) is 15.7. The van der Waals surface area contributed by atoms with Gasteiger partial charge in [-0.15, -0.1) is 0 Å². The highest BCUT2D eigenvalue weighted by molar-refractivity contribution is 14.1. The van der Waals surface area contributed by atoms with Gasteiger partial charge in [0.1, 0.15) is 12.2 Å². The molecule has 0 radical (unpaired) electrons. The molecule has 2 amide bonds. The Morgan fingerprint density at radius 2 is 0.881 bits per heavy atom. The summed E-state index contributed by atoms with van der Waals surface area (Å²) in [6, 6.07) is 0. The highest BCUT2D eigenvalue weighted by atomic mass is 127. The number of carbonyl (C=O) groups is 2. The summed E-state index contributed by atoms with van der Waals surface area (Å²) in [6.07, 6.45) is -5.59. The smallest absolute Gasteiger partial charge is 0.255 e. The number of hydrogen-bond acceptors (Lipinski definition) is 10. The predicted molar refractivity (Wildman–Crippen MR) is 209 cm³/mol. The minimum absolute atomic E-state index is 0.249. The SMILES string of the molecule is CN(CC(O)C(O)CO)C(=O)c1c(I)c(N)c(I)c(-c2c(I)c(N)c(I)c(C(=O)N(C)CC(O)C(O)CO)c2I)c1I. The quantitative estimate of drug-likeness (QED) is 0.121. The first-order chi connectivity index (χ1) is 19.4. The summed E-state index contributed by atoms with van der Waals surface area (Å²) in [5.41, 5.74) is 15.3. The molecule has 0 spiro atoms. The molecular formula is C24H28I6N4O8. The Morgan fingerprint density at radius 1 is 0.595 bits per heavy atom. The molecule has 0 saturated carbocycles. The van der Waals surface area contributed by atoms with E-state index < -0.39 is 49.4 Å². The normalized spacial score (nSPS) is 14.3. The van der Waals surface area contributed by atoms with Crippen LogP contribution in [-0.4, -0.2) is 117 Å². The number of carbonyl (C=O) groups excluding carboxylic acids is 2. The van der Waals surface area contributed by atoms with Crippen molar-refractivity contribution < 1.29 is 40.2 Å². The van der Waals surface area contributed by atoms with E-state index in [9.17, 15) is 30.0 Å². The zero-order valence-corrected chi connectivity index (χ0v) is 34.9. The molecule has 4 unspecified atom stereocenters. The van der Waals surface area contributed by atoms with Gasteiger partial charge in [-0.1, -0.05) is 0 Å². The van der Waals surface area contributed by atoms with Crippen molar-refractivity contribution in [2.75, 3.05) is 51.9 Å². The third kappa shape index (κ3) is 8.33. The first-order valence-corrected chi connectivity index (χ1v) is 18.3. The Bertz CT molecular complexity index is 1270. The zero-order valence-electron chi connectivity index (χ0n) is 22.0. The topological polar surface area (TPSA) is 214 Å². The molecule has 0 aliphatic rings. The van der Waals surface area contributed by atoms with Gasteiger partial charge in [0.05, 0.1) is 55.1 Å². The van der Waals surface area contributed by atoms with Crippen molar-refractivity contribution in [3.05, 3.63) is 32.5 Å². The molecule has 4 atom stereocenters. The predicted octanol–water partition coefficient (Wildman–Crippen LogP) is 1.72. The lowest BCUT2D eigenvalue weighted by molar-refractivity contribution is -0.0243. The molecule has 0 heterocycles. The molecule has 0 aromatic heterocycles. The Balaban J connectivity index is 2.79. The molecule has 18 heteroatoms. The van der Waals surface area contributed by atoms with Crippen molar-refractivity contribution in [3.8, 4) is 11.1 Å². The third-order valence-corrected chi connectivity index (χ3v) is 12.9. The van der Waals surface area contributed by atoms with Gasteiger partial charge < -0.3 is 51.9 Å². The zero-order chi connectivity index (χ0) is 32.4. The number of aliphatic hydroxyl groups is 6. The van der Waals surface area contributed by atoms with Crippen LogP contribution in [0.2, 0.25) is 0 Å². The minimum Gasteiger partial charge on any atom is -0.397 e. The van der Waals surface area contributed by atoms with E-state index >= 15 is 0 Å². The number of anilines is 2. The monoisotopic (exact) mass is 1260 g/mol. The molecule has 2 aromatic rings. The van der Waals surface area contributed by atoms with Crippen LogP contribution in [0.15, 0.2) is 0 Å². The molecule has 10 N–H and O–H groups in total. The van der Waals surface area contributed by atoms with Crippen molar-refractivity contribution in [1.82, 2.24) is 9.80 Å². The molecule has 0 aliphatic heterocycles. The fraction of sp³-hybridized carbons (Fsp3) is 0.417. The van der Waals surface area contributed by atoms with E-state index in [0.29, 0.717) is 43.9 Å². The average molecular weight is 1260 g/mol. The van der Waals surface area contributed by atoms with E-state index in [0.717, 1.165) is 0 Å². The lowest BCUT2D eigenvalue weighted by Crippen LogP contribution is -2.42. The summed E-state index contributed by atoms with van der Waals surface area (Å²) in [7, 11) is 2.92. The van der Waals surface area contributed by atoms with Crippen LogP contribution in [0.25, 0.3) is 11.1 Å². The number of nitrogen functional groups attached to an aromatic ring is 2. The van der Waals surface area contributed by atoms with Gasteiger partial charge in [0.15, 0.2) is 0 Å². The van der Waals surface area contributed by atoms with Gasteiger partial charge in [-0.3, -0.25) is 9.59 Å². The van der Waals surface area contributed by atoms with Gasteiger partial charge in [0, 0.05) is 52.6 Å². The third-order valence-electron chi connectivity index (χ3n) is 6.26. The van der Waals surface area contributed by atoms with Crippen molar-refractivity contribution in [3.63, 3.8) is 0 Å². The van der Waals surface area contributed by atoms with Crippen molar-refractivity contribution in [2.45, 2.75) is 24.4 Å². The van der Waals surface area contributed by atoms with E-state index in [2.05, 4.69) is 45.2 Å². The van der Waals surface area contributed by atoms with Gasteiger partial charge >= 0.3 is 0 Å². The largest absolute Gasteiger partial charge is 0.397 e. The molecule has 234 valence electrons. The summed E-state index contributed by atoms with van der Waals surface area (Å²) in [4.78, 5) is 29.8. The van der Waals surface area contributed by atoms with Crippen molar-refractivity contribution >= 4 is 159 Å². The molecule has 2 rings (SSSR count). The summed E-state index contributed by atoms with van der Waals surface area (Å²) in [5, 5.41) is 58.2. The number of hydrogen-bond donors (Lipinski definition) is 8. The second kappa shape index (κ2) is 16.8. The number of amides is 2. The van der Waals surface area contributed by atoms with E-state index in [1.165, 1.54) is 23.9 Å². The second-order valence-electron chi connectivity index (χ2n) is 9.22. The highest BCUT2D eigenvalue weighted by Gasteiger charge is 2.33. The fourth-order valence-electron chi connectivity index (χ4n) is 3.78. The first-order valence-electron chi connectivity index (χ1n) is 11.8. The van der Waals surface area contributed by atoms with Gasteiger partial charge in [0.25, 0.3) is 11.8 Å². The van der Waals surface area contributed by atoms with Gasteiger partial charge in [-0.05, 0) is 136 Å². The van der Waals surface area contributed by atoms with E-state index in [-0.39, 0.29) is 24.2 Å².